The van der Waals surface area contributed by atoms with Crippen LogP contribution in [-0.4, -0.2) is 35.5 Å². The monoisotopic (exact) mass is 488 g/mol. The second-order valence-electron chi connectivity index (χ2n) is 11.6. The van der Waals surface area contributed by atoms with Crippen LogP contribution in [0.1, 0.15) is 65.2 Å². The number of benzene rings is 1. The van der Waals surface area contributed by atoms with E-state index in [4.69, 9.17) is 9.47 Å². The molecule has 2 aromatic rings. The molecule has 2 saturated carbocycles. The number of hydrogen-bond donors (Lipinski definition) is 0. The lowest BCUT2D eigenvalue weighted by molar-refractivity contribution is -0.147. The molecular formula is C30H36N2O4. The van der Waals surface area contributed by atoms with Crippen LogP contribution in [0.15, 0.2) is 41.7 Å². The van der Waals surface area contributed by atoms with Crippen LogP contribution in [0.2, 0.25) is 0 Å². The first-order valence-electron chi connectivity index (χ1n) is 13.4. The van der Waals surface area contributed by atoms with Crippen molar-refractivity contribution in [3.8, 4) is 5.75 Å². The Balaban J connectivity index is 1.49. The van der Waals surface area contributed by atoms with Crippen molar-refractivity contribution in [2.75, 3.05) is 13.7 Å². The van der Waals surface area contributed by atoms with Gasteiger partial charge in [0.2, 0.25) is 0 Å². The van der Waals surface area contributed by atoms with Gasteiger partial charge in [0.1, 0.15) is 25.0 Å². The Labute approximate surface area is 212 Å². The molecule has 0 unspecified atom stereocenters. The number of fused-ring (bicyclic) bond motifs is 6. The van der Waals surface area contributed by atoms with Crippen molar-refractivity contribution in [3.63, 3.8) is 0 Å². The number of nitrogens with zero attached hydrogens (tertiary/aromatic N) is 2. The van der Waals surface area contributed by atoms with Gasteiger partial charge in [-0.1, -0.05) is 25.0 Å². The summed E-state index contributed by atoms with van der Waals surface area (Å²) in [5.41, 5.74) is 5.08. The number of esters is 1. The van der Waals surface area contributed by atoms with E-state index >= 15 is 0 Å². The van der Waals surface area contributed by atoms with Crippen molar-refractivity contribution in [3.05, 3.63) is 41.7 Å². The van der Waals surface area contributed by atoms with Gasteiger partial charge in [0.25, 0.3) is 0 Å². The second-order valence-corrected chi connectivity index (χ2v) is 11.6. The standard InChI is InChI=1S/C30H36N2O4/c1-19(34)36-17-30-13-11-24-23(9-7-21-6-4-5-12-29(21,24)2)25(30)14-20(16-33)28(30)32-18-31-26-10-8-22(35-3)15-27(26)32/h7-8,10,15-16,18,23-25H,4-6,9,11-14,17H2,1-3H3/t23-,24+,25+,29+,30-/m1/s1. The van der Waals surface area contributed by atoms with Crippen molar-refractivity contribution in [1.82, 2.24) is 9.55 Å². The van der Waals surface area contributed by atoms with Crippen molar-refractivity contribution < 1.29 is 19.1 Å². The molecule has 36 heavy (non-hydrogen) atoms. The van der Waals surface area contributed by atoms with E-state index in [1.54, 1.807) is 12.7 Å². The number of imidazole rings is 1. The lowest BCUT2D eigenvalue weighted by atomic mass is 9.47. The molecule has 190 valence electrons. The summed E-state index contributed by atoms with van der Waals surface area (Å²) in [4.78, 5) is 29.3. The van der Waals surface area contributed by atoms with Crippen molar-refractivity contribution in [2.24, 2.45) is 28.6 Å². The summed E-state index contributed by atoms with van der Waals surface area (Å²) in [6.07, 6.45) is 14.3. The van der Waals surface area contributed by atoms with Gasteiger partial charge in [0, 0.05) is 29.7 Å². The highest BCUT2D eigenvalue weighted by molar-refractivity contribution is 5.91. The van der Waals surface area contributed by atoms with Gasteiger partial charge in [-0.05, 0) is 80.2 Å². The first-order chi connectivity index (χ1) is 17.4. The molecule has 0 amide bonds. The van der Waals surface area contributed by atoms with Crippen LogP contribution >= 0.6 is 0 Å². The molecule has 2 fully saturated rings. The Kier molecular flexibility index (Phi) is 5.62. The van der Waals surface area contributed by atoms with E-state index in [-0.39, 0.29) is 17.3 Å². The molecule has 1 aromatic heterocycles. The Morgan fingerprint density at radius 3 is 2.89 bits per heavy atom. The Morgan fingerprint density at radius 1 is 1.25 bits per heavy atom. The fourth-order valence-corrected chi connectivity index (χ4v) is 8.48. The first-order valence-corrected chi connectivity index (χ1v) is 13.4. The zero-order valence-corrected chi connectivity index (χ0v) is 21.6. The molecule has 0 radical (unpaired) electrons. The van der Waals surface area contributed by atoms with E-state index in [1.165, 1.54) is 32.6 Å². The predicted octanol–water partition coefficient (Wildman–Crippen LogP) is 5.96. The highest BCUT2D eigenvalue weighted by atomic mass is 16.5. The summed E-state index contributed by atoms with van der Waals surface area (Å²) < 4.78 is 13.4. The lowest BCUT2D eigenvalue weighted by Gasteiger charge is -2.57. The minimum atomic E-state index is -0.407. The Morgan fingerprint density at radius 2 is 2.11 bits per heavy atom. The molecule has 0 aliphatic heterocycles. The van der Waals surface area contributed by atoms with Gasteiger partial charge in [0.05, 0.1) is 18.1 Å². The van der Waals surface area contributed by atoms with Crippen LogP contribution in [0.25, 0.3) is 16.7 Å². The number of methoxy groups -OCH3 is 1. The maximum atomic E-state index is 12.6. The molecule has 6 rings (SSSR count). The van der Waals surface area contributed by atoms with Crippen LogP contribution in [0.5, 0.6) is 5.75 Å². The summed E-state index contributed by atoms with van der Waals surface area (Å²) in [5.74, 6) is 1.81. The van der Waals surface area contributed by atoms with Gasteiger partial charge in [-0.25, -0.2) is 4.98 Å². The van der Waals surface area contributed by atoms with Crippen LogP contribution in [0.4, 0.5) is 0 Å². The third kappa shape index (κ3) is 3.32. The van der Waals surface area contributed by atoms with Gasteiger partial charge < -0.3 is 14.0 Å². The van der Waals surface area contributed by atoms with Crippen LogP contribution in [-0.2, 0) is 14.3 Å². The number of ether oxygens (including phenoxy) is 2. The third-order valence-electron chi connectivity index (χ3n) is 10.1. The normalized spacial score (nSPS) is 33.4. The average Bonchev–Trinajstić information content (AvgIpc) is 3.45. The molecule has 1 heterocycles. The zero-order valence-electron chi connectivity index (χ0n) is 21.6. The highest BCUT2D eigenvalue weighted by Crippen LogP contribution is 2.67. The lowest BCUT2D eigenvalue weighted by Crippen LogP contribution is -2.51. The van der Waals surface area contributed by atoms with E-state index in [9.17, 15) is 9.59 Å². The molecule has 0 spiro atoms. The molecule has 0 N–H and O–H groups in total. The fourth-order valence-electron chi connectivity index (χ4n) is 8.48. The fraction of sp³-hybridized carbons (Fsp3) is 0.567. The van der Waals surface area contributed by atoms with Crippen LogP contribution in [0.3, 0.4) is 0 Å². The van der Waals surface area contributed by atoms with Crippen molar-refractivity contribution in [1.29, 1.82) is 0 Å². The minimum absolute atomic E-state index is 0.255. The van der Waals surface area contributed by atoms with Crippen LogP contribution < -0.4 is 4.74 Å². The van der Waals surface area contributed by atoms with E-state index in [0.29, 0.717) is 18.4 Å². The number of aromatic nitrogens is 2. The minimum Gasteiger partial charge on any atom is -0.497 e. The van der Waals surface area contributed by atoms with Crippen molar-refractivity contribution >= 4 is 29.0 Å². The summed E-state index contributed by atoms with van der Waals surface area (Å²) in [5, 5.41) is 0. The number of allylic oxidation sites excluding steroid dienone is 3. The number of aldehydes is 1. The van der Waals surface area contributed by atoms with E-state index < -0.39 is 5.41 Å². The molecular weight excluding hydrogens is 452 g/mol. The zero-order chi connectivity index (χ0) is 25.1. The van der Waals surface area contributed by atoms with Gasteiger partial charge in [0.15, 0.2) is 0 Å². The number of carbonyl (C=O) groups excluding carboxylic acids is 2. The molecule has 6 nitrogen and oxygen atoms in total. The first kappa shape index (κ1) is 23.5. The van der Waals surface area contributed by atoms with Gasteiger partial charge in [-0.2, -0.15) is 0 Å². The molecule has 0 bridgehead atoms. The average molecular weight is 489 g/mol. The van der Waals surface area contributed by atoms with Gasteiger partial charge >= 0.3 is 5.97 Å². The van der Waals surface area contributed by atoms with Crippen LogP contribution in [0, 0.1) is 28.6 Å². The molecule has 0 saturated heterocycles. The molecule has 4 aliphatic rings. The van der Waals surface area contributed by atoms with Gasteiger partial charge in [-0.3, -0.25) is 9.59 Å². The number of carbonyl (C=O) groups is 2. The van der Waals surface area contributed by atoms with E-state index in [0.717, 1.165) is 60.0 Å². The third-order valence-corrected chi connectivity index (χ3v) is 10.1. The van der Waals surface area contributed by atoms with Crippen molar-refractivity contribution in [2.45, 2.75) is 65.2 Å². The number of hydrogen-bond acceptors (Lipinski definition) is 5. The SMILES string of the molecule is COc1ccc2ncn(C3=C(C=O)C[C@H]4[C@@H]5CC=C6CCCC[C@]6(C)[C@H]5CC[C@]34COC(C)=O)c2c1. The number of rotatable bonds is 5. The highest BCUT2D eigenvalue weighted by Gasteiger charge is 2.60. The maximum Gasteiger partial charge on any atom is 0.302 e. The largest absolute Gasteiger partial charge is 0.497 e. The summed E-state index contributed by atoms with van der Waals surface area (Å²) >= 11 is 0. The topological polar surface area (TPSA) is 70.4 Å². The Bertz CT molecular complexity index is 1290. The maximum absolute atomic E-state index is 12.6. The molecule has 6 heteroatoms. The Hall–Kier alpha value is -2.89. The second kappa shape index (κ2) is 8.60. The summed E-state index contributed by atoms with van der Waals surface area (Å²) in [7, 11) is 1.66. The summed E-state index contributed by atoms with van der Waals surface area (Å²) in [6.45, 7) is 4.28. The summed E-state index contributed by atoms with van der Waals surface area (Å²) in [6, 6.07) is 5.84. The quantitative estimate of drug-likeness (QED) is 0.295. The smallest absolute Gasteiger partial charge is 0.302 e. The van der Waals surface area contributed by atoms with Gasteiger partial charge in [-0.15, -0.1) is 0 Å². The van der Waals surface area contributed by atoms with E-state index in [2.05, 4.69) is 22.6 Å². The predicted molar refractivity (Wildman–Crippen MR) is 138 cm³/mol. The molecule has 5 atom stereocenters. The van der Waals surface area contributed by atoms with E-state index in [1.807, 2.05) is 24.5 Å². The molecule has 1 aromatic carbocycles. The molecule has 4 aliphatic carbocycles.